The molecule has 0 fully saturated rings. The van der Waals surface area contributed by atoms with Gasteiger partial charge in [-0.2, -0.15) is 10.2 Å². The number of halogens is 1. The van der Waals surface area contributed by atoms with Crippen LogP contribution in [0.4, 0.5) is 0 Å². The van der Waals surface area contributed by atoms with Crippen molar-refractivity contribution in [3.05, 3.63) is 34.3 Å². The highest BCUT2D eigenvalue weighted by Gasteiger charge is 2.39. The van der Waals surface area contributed by atoms with E-state index in [1.54, 1.807) is 0 Å². The van der Waals surface area contributed by atoms with Gasteiger partial charge in [0.05, 0.1) is 0 Å². The van der Waals surface area contributed by atoms with Gasteiger partial charge in [-0.1, -0.05) is 23.7 Å². The summed E-state index contributed by atoms with van der Waals surface area (Å²) in [4.78, 5) is 14.3. The lowest BCUT2D eigenvalue weighted by molar-refractivity contribution is -0.132. The van der Waals surface area contributed by atoms with Crippen LogP contribution < -0.4 is 0 Å². The fourth-order valence-electron chi connectivity index (χ4n) is 2.89. The van der Waals surface area contributed by atoms with Crippen LogP contribution >= 0.6 is 11.6 Å². The summed E-state index contributed by atoms with van der Waals surface area (Å²) in [5.41, 5.74) is 1.94. The molecule has 0 saturated heterocycles. The molecule has 2 aliphatic heterocycles. The van der Waals surface area contributed by atoms with Gasteiger partial charge in [0, 0.05) is 43.8 Å². The van der Waals surface area contributed by atoms with E-state index < -0.39 is 0 Å². The fraction of sp³-hybridized carbons (Fsp3) is 0.471. The number of terminal acetylenes is 1. The Labute approximate surface area is 135 Å². The van der Waals surface area contributed by atoms with Crippen LogP contribution in [-0.4, -0.2) is 23.0 Å². The van der Waals surface area contributed by atoms with Crippen molar-refractivity contribution in [2.45, 2.75) is 44.3 Å². The van der Waals surface area contributed by atoms with E-state index in [0.717, 1.165) is 30.0 Å². The lowest BCUT2D eigenvalue weighted by Gasteiger charge is -2.29. The third-order valence-corrected chi connectivity index (χ3v) is 4.71. The Bertz CT molecular complexity index is 656. The molecule has 22 heavy (non-hydrogen) atoms. The van der Waals surface area contributed by atoms with E-state index in [0.29, 0.717) is 25.8 Å². The molecule has 0 bridgehead atoms. The number of benzene rings is 1. The largest absolute Gasteiger partial charge is 0.338 e. The molecular formula is C17H18ClN3O. The number of fused-ring (bicyclic) bond motifs is 1. The van der Waals surface area contributed by atoms with E-state index in [-0.39, 0.29) is 11.6 Å². The van der Waals surface area contributed by atoms with Crippen LogP contribution in [0.2, 0.25) is 5.02 Å². The van der Waals surface area contributed by atoms with Gasteiger partial charge in [0.2, 0.25) is 5.91 Å². The maximum atomic E-state index is 12.4. The van der Waals surface area contributed by atoms with Crippen molar-refractivity contribution in [2.24, 2.45) is 10.2 Å². The zero-order chi connectivity index (χ0) is 15.6. The quantitative estimate of drug-likeness (QED) is 0.766. The van der Waals surface area contributed by atoms with E-state index in [1.807, 2.05) is 17.0 Å². The summed E-state index contributed by atoms with van der Waals surface area (Å²) >= 11 is 6.24. The van der Waals surface area contributed by atoms with Gasteiger partial charge in [0.1, 0.15) is 0 Å². The lowest BCUT2D eigenvalue weighted by atomic mass is 9.98. The summed E-state index contributed by atoms with van der Waals surface area (Å²) in [7, 11) is 0. The van der Waals surface area contributed by atoms with Crippen LogP contribution in [0, 0.1) is 12.3 Å². The summed E-state index contributed by atoms with van der Waals surface area (Å²) < 4.78 is 0. The molecule has 1 amide bonds. The second-order valence-corrected chi connectivity index (χ2v) is 6.24. The van der Waals surface area contributed by atoms with Crippen LogP contribution in [0.25, 0.3) is 0 Å². The number of rotatable bonds is 5. The van der Waals surface area contributed by atoms with Gasteiger partial charge in [-0.3, -0.25) is 4.79 Å². The number of carbonyl (C=O) groups is 1. The maximum absolute atomic E-state index is 12.4. The summed E-state index contributed by atoms with van der Waals surface area (Å²) in [6.45, 7) is 1.34. The summed E-state index contributed by atoms with van der Waals surface area (Å²) in [6.07, 6.45) is 8.63. The number of hydrogen-bond donors (Lipinski definition) is 0. The smallest absolute Gasteiger partial charge is 0.223 e. The second kappa shape index (κ2) is 6.10. The molecule has 3 rings (SSSR count). The van der Waals surface area contributed by atoms with Gasteiger partial charge < -0.3 is 4.90 Å². The van der Waals surface area contributed by atoms with Crippen LogP contribution in [-0.2, 0) is 17.8 Å². The highest BCUT2D eigenvalue weighted by Crippen LogP contribution is 2.38. The zero-order valence-electron chi connectivity index (χ0n) is 12.4. The fourth-order valence-corrected chi connectivity index (χ4v) is 3.14. The van der Waals surface area contributed by atoms with Crippen molar-refractivity contribution in [1.29, 1.82) is 0 Å². The Balaban J connectivity index is 1.56. The van der Waals surface area contributed by atoms with Crippen molar-refractivity contribution in [1.82, 2.24) is 4.90 Å². The molecule has 114 valence electrons. The number of nitrogens with zero attached hydrogens (tertiary/aromatic N) is 3. The third kappa shape index (κ3) is 3.15. The minimum atomic E-state index is -0.382. The summed E-state index contributed by atoms with van der Waals surface area (Å²) in [5, 5.41) is 8.90. The molecule has 1 aromatic rings. The molecule has 0 aromatic heterocycles. The van der Waals surface area contributed by atoms with Gasteiger partial charge in [-0.15, -0.1) is 12.3 Å². The van der Waals surface area contributed by atoms with Crippen LogP contribution in [0.1, 0.15) is 36.8 Å². The van der Waals surface area contributed by atoms with Crippen molar-refractivity contribution >= 4 is 17.5 Å². The van der Waals surface area contributed by atoms with E-state index in [1.165, 1.54) is 5.56 Å². The zero-order valence-corrected chi connectivity index (χ0v) is 13.1. The van der Waals surface area contributed by atoms with Gasteiger partial charge in [-0.05, 0) is 23.6 Å². The molecule has 0 radical (unpaired) electrons. The van der Waals surface area contributed by atoms with Crippen molar-refractivity contribution in [3.63, 3.8) is 0 Å². The molecule has 2 heterocycles. The van der Waals surface area contributed by atoms with E-state index >= 15 is 0 Å². The molecule has 0 aliphatic carbocycles. The van der Waals surface area contributed by atoms with E-state index in [4.69, 9.17) is 18.0 Å². The number of carbonyl (C=O) groups excluding carboxylic acids is 1. The molecule has 0 unspecified atom stereocenters. The van der Waals surface area contributed by atoms with Gasteiger partial charge in [0.15, 0.2) is 5.66 Å². The highest BCUT2D eigenvalue weighted by molar-refractivity contribution is 6.31. The highest BCUT2D eigenvalue weighted by atomic mass is 35.5. The average molecular weight is 316 g/mol. The molecule has 0 saturated carbocycles. The predicted octanol–water partition coefficient (Wildman–Crippen LogP) is 3.58. The molecular weight excluding hydrogens is 298 g/mol. The van der Waals surface area contributed by atoms with Gasteiger partial charge in [-0.25, -0.2) is 0 Å². The Morgan fingerprint density at radius 3 is 2.95 bits per heavy atom. The summed E-state index contributed by atoms with van der Waals surface area (Å²) in [6, 6.07) is 5.93. The topological polar surface area (TPSA) is 45.0 Å². The average Bonchev–Trinajstić information content (AvgIpc) is 3.31. The van der Waals surface area contributed by atoms with Crippen LogP contribution in [0.15, 0.2) is 28.4 Å². The molecule has 4 nitrogen and oxygen atoms in total. The van der Waals surface area contributed by atoms with Crippen LogP contribution in [0.5, 0.6) is 0 Å². The molecule has 5 heteroatoms. The van der Waals surface area contributed by atoms with Crippen LogP contribution in [0.3, 0.4) is 0 Å². The standard InChI is InChI=1S/C17H18ClN3O/c1-2-3-9-17(19-20-17)10-7-16(22)21-11-8-13-5-4-6-15(18)14(13)12-21/h1,4-6H,3,7-12H2. The van der Waals surface area contributed by atoms with E-state index in [9.17, 15) is 4.79 Å². The molecule has 0 atom stereocenters. The summed E-state index contributed by atoms with van der Waals surface area (Å²) in [5.74, 6) is 2.74. The maximum Gasteiger partial charge on any atom is 0.223 e. The van der Waals surface area contributed by atoms with Gasteiger partial charge in [0.25, 0.3) is 0 Å². The number of hydrogen-bond acceptors (Lipinski definition) is 3. The van der Waals surface area contributed by atoms with E-state index in [2.05, 4.69) is 22.2 Å². The second-order valence-electron chi connectivity index (χ2n) is 5.83. The SMILES string of the molecule is C#CCCC1(CCC(=O)N2CCc3cccc(Cl)c3C2)N=N1. The minimum Gasteiger partial charge on any atom is -0.338 e. The van der Waals surface area contributed by atoms with Crippen molar-refractivity contribution < 1.29 is 4.79 Å². The monoisotopic (exact) mass is 315 g/mol. The first-order chi connectivity index (χ1) is 10.6. The first-order valence-corrected chi connectivity index (χ1v) is 7.93. The van der Waals surface area contributed by atoms with Crippen molar-refractivity contribution in [3.8, 4) is 12.3 Å². The van der Waals surface area contributed by atoms with Gasteiger partial charge >= 0.3 is 0 Å². The molecule has 0 N–H and O–H groups in total. The minimum absolute atomic E-state index is 0.142. The lowest BCUT2D eigenvalue weighted by Crippen LogP contribution is -2.36. The Morgan fingerprint density at radius 1 is 1.41 bits per heavy atom. The Kier molecular flexibility index (Phi) is 4.17. The molecule has 0 spiro atoms. The molecule has 2 aliphatic rings. The first-order valence-electron chi connectivity index (χ1n) is 7.55. The Morgan fingerprint density at radius 2 is 2.23 bits per heavy atom. The molecule has 1 aromatic carbocycles. The third-order valence-electron chi connectivity index (χ3n) is 4.36. The predicted molar refractivity (Wildman–Crippen MR) is 85.5 cm³/mol. The Hall–Kier alpha value is -1.86. The normalized spacial score (nSPS) is 17.7. The van der Waals surface area contributed by atoms with Crippen molar-refractivity contribution in [2.75, 3.05) is 6.54 Å². The first kappa shape index (κ1) is 15.1. The number of amides is 1.